The fourth-order valence-corrected chi connectivity index (χ4v) is 7.89. The number of piperidine rings is 1. The van der Waals surface area contributed by atoms with Crippen molar-refractivity contribution in [1.82, 2.24) is 30.7 Å². The molecule has 7 heterocycles. The molecule has 9 nitrogen and oxygen atoms in total. The van der Waals surface area contributed by atoms with Crippen LogP contribution in [0.25, 0.3) is 10.9 Å². The fourth-order valence-electron chi connectivity index (χ4n) is 7.89. The van der Waals surface area contributed by atoms with Gasteiger partial charge in [0.1, 0.15) is 12.3 Å². The monoisotopic (exact) mass is 494 g/mol. The van der Waals surface area contributed by atoms with Crippen LogP contribution in [0, 0.1) is 11.8 Å². The zero-order chi connectivity index (χ0) is 23.6. The molecule has 6 saturated heterocycles. The lowest BCUT2D eigenvalue weighted by atomic mass is 9.82. The van der Waals surface area contributed by atoms with Gasteiger partial charge in [-0.15, -0.1) is 0 Å². The van der Waals surface area contributed by atoms with Gasteiger partial charge in [0.25, 0.3) is 0 Å². The van der Waals surface area contributed by atoms with Gasteiger partial charge in [0, 0.05) is 67.8 Å². The summed E-state index contributed by atoms with van der Waals surface area (Å²) in [4.78, 5) is 8.62. The van der Waals surface area contributed by atoms with E-state index >= 15 is 0 Å². The van der Waals surface area contributed by atoms with Gasteiger partial charge < -0.3 is 19.2 Å². The van der Waals surface area contributed by atoms with E-state index in [0.717, 1.165) is 46.0 Å². The van der Waals surface area contributed by atoms with Crippen molar-refractivity contribution in [2.75, 3.05) is 52.5 Å². The summed E-state index contributed by atoms with van der Waals surface area (Å²) >= 11 is 0. The predicted molar refractivity (Wildman–Crippen MR) is 135 cm³/mol. The molecule has 36 heavy (non-hydrogen) atoms. The number of H-pyrrole nitrogens is 1. The summed E-state index contributed by atoms with van der Waals surface area (Å²) in [7, 11) is 0. The maximum Gasteiger partial charge on any atom is 0.113 e. The van der Waals surface area contributed by atoms with E-state index in [2.05, 4.69) is 55.0 Å². The van der Waals surface area contributed by atoms with E-state index in [9.17, 15) is 0 Å². The van der Waals surface area contributed by atoms with Gasteiger partial charge in [-0.05, 0) is 36.5 Å². The Morgan fingerprint density at radius 2 is 2.00 bits per heavy atom. The summed E-state index contributed by atoms with van der Waals surface area (Å²) in [5.74, 6) is 1.11. The molecule has 6 aliphatic rings. The molecule has 0 saturated carbocycles. The van der Waals surface area contributed by atoms with Gasteiger partial charge in [0.15, 0.2) is 0 Å². The summed E-state index contributed by atoms with van der Waals surface area (Å²) in [5, 5.41) is 13.1. The number of aromatic amines is 1. The van der Waals surface area contributed by atoms with Crippen LogP contribution in [0.1, 0.15) is 24.6 Å². The zero-order valence-corrected chi connectivity index (χ0v) is 20.8. The lowest BCUT2D eigenvalue weighted by Gasteiger charge is -2.47. The second kappa shape index (κ2) is 9.03. The number of aromatic nitrogens is 1. The van der Waals surface area contributed by atoms with Gasteiger partial charge in [0.05, 0.1) is 38.3 Å². The quantitative estimate of drug-likeness (QED) is 0.497. The highest BCUT2D eigenvalue weighted by Crippen LogP contribution is 2.41. The smallest absolute Gasteiger partial charge is 0.113 e. The number of morpholine rings is 2. The molecular weight excluding hydrogens is 456 g/mol. The number of nitrogens with zero attached hydrogens (tertiary/aromatic N) is 2. The van der Waals surface area contributed by atoms with Gasteiger partial charge in [0.2, 0.25) is 0 Å². The minimum absolute atomic E-state index is 0.0767. The van der Waals surface area contributed by atoms with Gasteiger partial charge in [-0.2, -0.15) is 0 Å². The van der Waals surface area contributed by atoms with E-state index in [4.69, 9.17) is 14.2 Å². The Morgan fingerprint density at radius 1 is 1.06 bits per heavy atom. The first kappa shape index (κ1) is 22.4. The molecule has 9 atom stereocenters. The fraction of sp³-hybridized carbons (Fsp3) is 0.704. The van der Waals surface area contributed by atoms with E-state index in [1.807, 2.05) is 6.20 Å². The summed E-state index contributed by atoms with van der Waals surface area (Å²) in [6, 6.07) is 9.71. The van der Waals surface area contributed by atoms with Crippen LogP contribution in [-0.4, -0.2) is 104 Å². The molecule has 4 N–H and O–H groups in total. The van der Waals surface area contributed by atoms with Crippen molar-refractivity contribution in [2.24, 2.45) is 11.8 Å². The van der Waals surface area contributed by atoms with Crippen LogP contribution in [0.4, 0.5) is 0 Å². The van der Waals surface area contributed by atoms with E-state index in [-0.39, 0.29) is 24.7 Å². The number of rotatable bonds is 4. The average molecular weight is 495 g/mol. The maximum atomic E-state index is 6.80. The molecule has 2 bridgehead atoms. The molecule has 2 aromatic rings. The second-order valence-corrected chi connectivity index (χ2v) is 11.7. The van der Waals surface area contributed by atoms with Crippen molar-refractivity contribution in [2.45, 2.75) is 55.7 Å². The molecule has 0 amide bonds. The van der Waals surface area contributed by atoms with Crippen LogP contribution < -0.4 is 16.0 Å². The van der Waals surface area contributed by atoms with Crippen LogP contribution in [0.2, 0.25) is 0 Å². The van der Waals surface area contributed by atoms with Crippen molar-refractivity contribution in [3.05, 3.63) is 36.0 Å². The average Bonchev–Trinajstić information content (AvgIpc) is 3.72. The third-order valence-corrected chi connectivity index (χ3v) is 9.61. The minimum atomic E-state index is 0.0767. The van der Waals surface area contributed by atoms with Crippen LogP contribution >= 0.6 is 0 Å². The zero-order valence-electron chi connectivity index (χ0n) is 20.8. The lowest BCUT2D eigenvalue weighted by molar-refractivity contribution is -0.0879. The third-order valence-electron chi connectivity index (χ3n) is 9.61. The maximum absolute atomic E-state index is 6.80. The second-order valence-electron chi connectivity index (χ2n) is 11.7. The van der Waals surface area contributed by atoms with E-state index in [0.29, 0.717) is 30.0 Å². The normalized spacial score (nSPS) is 43.2. The first-order chi connectivity index (χ1) is 17.8. The highest BCUT2D eigenvalue weighted by Gasteiger charge is 2.54. The van der Waals surface area contributed by atoms with Gasteiger partial charge >= 0.3 is 0 Å². The number of ether oxygens (including phenoxy) is 3. The topological polar surface area (TPSA) is 86.1 Å². The molecule has 1 aromatic carbocycles. The number of hydrogen-bond acceptors (Lipinski definition) is 8. The molecule has 0 radical (unpaired) electrons. The van der Waals surface area contributed by atoms with Crippen molar-refractivity contribution in [3.63, 3.8) is 0 Å². The highest BCUT2D eigenvalue weighted by molar-refractivity contribution is 5.83. The number of fused-ring (bicyclic) bond motifs is 6. The summed E-state index contributed by atoms with van der Waals surface area (Å²) in [6.07, 6.45) is 5.41. The molecule has 8 rings (SSSR count). The van der Waals surface area contributed by atoms with Gasteiger partial charge in [-0.3, -0.25) is 25.8 Å². The first-order valence-corrected chi connectivity index (χ1v) is 13.9. The van der Waals surface area contributed by atoms with Crippen molar-refractivity contribution in [3.8, 4) is 0 Å². The Labute approximate surface area is 212 Å². The van der Waals surface area contributed by atoms with Crippen LogP contribution in [0.5, 0.6) is 0 Å². The molecule has 6 aliphatic heterocycles. The molecule has 1 aromatic heterocycles. The Bertz CT molecular complexity index is 1090. The Kier molecular flexibility index (Phi) is 5.62. The van der Waals surface area contributed by atoms with E-state index in [1.54, 1.807) is 0 Å². The molecule has 194 valence electrons. The van der Waals surface area contributed by atoms with Crippen molar-refractivity contribution >= 4 is 10.9 Å². The Balaban J connectivity index is 1.06. The Morgan fingerprint density at radius 3 is 2.86 bits per heavy atom. The number of nitrogens with one attached hydrogen (secondary N) is 4. The van der Waals surface area contributed by atoms with Gasteiger partial charge in [-0.1, -0.05) is 12.1 Å². The molecule has 0 spiro atoms. The highest BCUT2D eigenvalue weighted by atomic mass is 16.5. The number of benzene rings is 1. The first-order valence-electron chi connectivity index (χ1n) is 13.9. The summed E-state index contributed by atoms with van der Waals surface area (Å²) in [5.41, 5.74) is 2.49. The number of hydrogen-bond donors (Lipinski definition) is 4. The van der Waals surface area contributed by atoms with Crippen molar-refractivity contribution in [1.29, 1.82) is 0 Å². The SMILES string of the molecule is c1cc(C2NC3C4CC(CN5C[C@@H]6C[C@H]5CO6)CNC4OC3C(N3CCOCC3)N2)c2cc[nH]c2c1. The van der Waals surface area contributed by atoms with Crippen molar-refractivity contribution < 1.29 is 14.2 Å². The summed E-state index contributed by atoms with van der Waals surface area (Å²) < 4.78 is 18.3. The molecule has 9 heteroatoms. The van der Waals surface area contributed by atoms with Gasteiger partial charge in [-0.25, -0.2) is 0 Å². The Hall–Kier alpha value is -1.56. The molecular formula is C27H38N6O3. The lowest BCUT2D eigenvalue weighted by Crippen LogP contribution is -2.68. The molecule has 0 aliphatic carbocycles. The third kappa shape index (κ3) is 3.75. The van der Waals surface area contributed by atoms with Crippen LogP contribution in [-0.2, 0) is 14.2 Å². The molecule has 6 fully saturated rings. The summed E-state index contributed by atoms with van der Waals surface area (Å²) in [6.45, 7) is 7.71. The molecule has 7 unspecified atom stereocenters. The van der Waals surface area contributed by atoms with E-state index in [1.165, 1.54) is 35.9 Å². The van der Waals surface area contributed by atoms with E-state index < -0.39 is 0 Å². The predicted octanol–water partition coefficient (Wildman–Crippen LogP) is 0.810. The van der Waals surface area contributed by atoms with Crippen LogP contribution in [0.15, 0.2) is 30.5 Å². The number of likely N-dealkylation sites (tertiary alicyclic amines) is 1. The minimum Gasteiger partial charge on any atom is -0.379 e. The largest absolute Gasteiger partial charge is 0.379 e. The van der Waals surface area contributed by atoms with Crippen LogP contribution in [0.3, 0.4) is 0 Å². The standard InChI is InChI=1S/C27H38N6O3/c1-2-20(19-4-5-28-22(19)3-1)25-30-23-21-10-16(13-33-14-18-11-17(33)15-35-18)12-29-27(21)36-24(23)26(31-25)32-6-8-34-9-7-32/h1-5,16-18,21,23-31H,6-15H2/t16?,17-,18-,21?,23?,24?,25?,26?,27?/m0/s1.